The van der Waals surface area contributed by atoms with Gasteiger partial charge in [-0.25, -0.2) is 4.98 Å². The molecule has 6 heteroatoms. The molecule has 0 fully saturated rings. The summed E-state index contributed by atoms with van der Waals surface area (Å²) in [4.78, 5) is 15.8. The van der Waals surface area contributed by atoms with Gasteiger partial charge in [-0.05, 0) is 17.7 Å². The second-order valence-electron chi connectivity index (χ2n) is 3.99. The summed E-state index contributed by atoms with van der Waals surface area (Å²) in [6.45, 7) is 0.357. The number of rotatable bonds is 6. The van der Waals surface area contributed by atoms with Gasteiger partial charge in [0, 0.05) is 6.20 Å². The van der Waals surface area contributed by atoms with Crippen LogP contribution >= 0.6 is 22.9 Å². The summed E-state index contributed by atoms with van der Waals surface area (Å²) in [5.74, 6) is 0.303. The van der Waals surface area contributed by atoms with Crippen LogP contribution < -0.4 is 8.85 Å². The van der Waals surface area contributed by atoms with E-state index in [4.69, 9.17) is 4.74 Å². The fourth-order valence-electron chi connectivity index (χ4n) is 1.57. The number of hydrogen-bond acceptors (Lipinski definition) is 5. The molecular weight excluding hydrogens is 369 g/mol. The van der Waals surface area contributed by atoms with Crippen LogP contribution in [0.5, 0.6) is 0 Å². The van der Waals surface area contributed by atoms with Gasteiger partial charge in [0.25, 0.3) is 0 Å². The minimum Gasteiger partial charge on any atom is -0.460 e. The zero-order chi connectivity index (χ0) is 14.2. The molecule has 0 aliphatic rings. The largest absolute Gasteiger partial charge is 0.460 e. The molecule has 1 aromatic heterocycles. The van der Waals surface area contributed by atoms with Gasteiger partial charge >= 0.3 is 5.97 Å². The van der Waals surface area contributed by atoms with Gasteiger partial charge in [-0.3, -0.25) is 4.79 Å². The van der Waals surface area contributed by atoms with Gasteiger partial charge in [0.15, 0.2) is 5.82 Å². The number of anilines is 2. The first kappa shape index (κ1) is 14.6. The quantitative estimate of drug-likeness (QED) is 0.456. The number of nitrogens with zero attached hydrogens (tertiary/aromatic N) is 1. The smallest absolute Gasteiger partial charge is 0.325 e. The maximum Gasteiger partial charge on any atom is 0.325 e. The third kappa shape index (κ3) is 4.37. The summed E-state index contributed by atoms with van der Waals surface area (Å²) in [6.07, 6.45) is 1.66. The number of carbonyl (C=O) groups is 1. The van der Waals surface area contributed by atoms with Crippen LogP contribution in [0.25, 0.3) is 0 Å². The van der Waals surface area contributed by atoms with E-state index in [2.05, 4.69) is 13.8 Å². The molecule has 5 nitrogen and oxygen atoms in total. The predicted molar refractivity (Wildman–Crippen MR) is 86.6 cm³/mol. The molecule has 2 N–H and O–H groups in total. The van der Waals surface area contributed by atoms with Crippen molar-refractivity contribution in [2.24, 2.45) is 0 Å². The second kappa shape index (κ2) is 7.68. The first-order valence-corrected chi connectivity index (χ1v) is 7.12. The van der Waals surface area contributed by atoms with Crippen molar-refractivity contribution in [1.82, 2.24) is 4.98 Å². The Hall–Kier alpha value is -1.83. The van der Waals surface area contributed by atoms with Crippen molar-refractivity contribution in [2.75, 3.05) is 15.4 Å². The molecular formula is C14H14IN3O2. The Labute approximate surface area is 131 Å². The molecule has 0 bridgehead atoms. The fraction of sp³-hybridized carbons (Fsp3) is 0.143. The fourth-order valence-corrected chi connectivity index (χ4v) is 2.00. The molecule has 0 amide bonds. The van der Waals surface area contributed by atoms with Gasteiger partial charge in [0.05, 0.1) is 28.6 Å². The monoisotopic (exact) mass is 383 g/mol. The van der Waals surface area contributed by atoms with Crippen LogP contribution in [0.2, 0.25) is 0 Å². The van der Waals surface area contributed by atoms with E-state index in [-0.39, 0.29) is 19.1 Å². The molecule has 2 aromatic rings. The lowest BCUT2D eigenvalue weighted by molar-refractivity contribution is -0.142. The summed E-state index contributed by atoms with van der Waals surface area (Å²) in [5.41, 5.74) is 1.79. The Balaban J connectivity index is 1.80. The molecule has 0 atom stereocenters. The van der Waals surface area contributed by atoms with Gasteiger partial charge in [0.2, 0.25) is 0 Å². The molecule has 0 radical (unpaired) electrons. The molecule has 1 aromatic carbocycles. The van der Waals surface area contributed by atoms with Crippen molar-refractivity contribution in [3.05, 3.63) is 54.2 Å². The van der Waals surface area contributed by atoms with Gasteiger partial charge < -0.3 is 13.6 Å². The van der Waals surface area contributed by atoms with Gasteiger partial charge in [-0.2, -0.15) is 0 Å². The molecule has 0 saturated carbocycles. The van der Waals surface area contributed by atoms with Crippen LogP contribution in [-0.2, 0) is 16.1 Å². The minimum absolute atomic E-state index is 0.0785. The topological polar surface area (TPSA) is 63.2 Å². The summed E-state index contributed by atoms with van der Waals surface area (Å²) in [6, 6.07) is 13.3. The molecule has 0 spiro atoms. The van der Waals surface area contributed by atoms with Crippen LogP contribution in [0.4, 0.5) is 11.5 Å². The first-order valence-electron chi connectivity index (χ1n) is 6.04. The molecule has 0 saturated heterocycles. The van der Waals surface area contributed by atoms with Crippen LogP contribution in [0, 0.1) is 0 Å². The minimum atomic E-state index is -0.320. The van der Waals surface area contributed by atoms with E-state index in [1.807, 2.05) is 65.3 Å². The maximum absolute atomic E-state index is 11.7. The van der Waals surface area contributed by atoms with E-state index in [1.165, 1.54) is 0 Å². The zero-order valence-electron chi connectivity index (χ0n) is 10.7. The molecule has 0 aliphatic carbocycles. The summed E-state index contributed by atoms with van der Waals surface area (Å²) in [7, 11) is 0. The maximum atomic E-state index is 11.7. The number of pyridine rings is 1. The first-order chi connectivity index (χ1) is 9.79. The Bertz CT molecular complexity index is 563. The molecule has 0 unspecified atom stereocenters. The number of ether oxygens (including phenoxy) is 1. The molecule has 104 valence electrons. The van der Waals surface area contributed by atoms with Crippen molar-refractivity contribution in [3.8, 4) is 0 Å². The molecule has 1 heterocycles. The third-order valence-corrected chi connectivity index (χ3v) is 3.13. The number of nitrogens with one attached hydrogen (secondary N) is 2. The van der Waals surface area contributed by atoms with E-state index in [0.29, 0.717) is 5.82 Å². The third-order valence-electron chi connectivity index (χ3n) is 2.55. The van der Waals surface area contributed by atoms with Crippen LogP contribution in [0.1, 0.15) is 5.56 Å². The highest BCUT2D eigenvalue weighted by Gasteiger charge is 2.06. The highest BCUT2D eigenvalue weighted by molar-refractivity contribution is 14.1. The van der Waals surface area contributed by atoms with E-state index < -0.39 is 0 Å². The SMILES string of the molecule is O=C(CNc1ncccc1NI)OCc1ccccc1. The van der Waals surface area contributed by atoms with Crippen molar-refractivity contribution >= 4 is 40.3 Å². The molecule has 0 aliphatic heterocycles. The zero-order valence-corrected chi connectivity index (χ0v) is 12.8. The van der Waals surface area contributed by atoms with Gasteiger partial charge in [-0.15, -0.1) is 0 Å². The molecule has 2 rings (SSSR count). The van der Waals surface area contributed by atoms with Crippen molar-refractivity contribution in [3.63, 3.8) is 0 Å². The van der Waals surface area contributed by atoms with Crippen molar-refractivity contribution < 1.29 is 9.53 Å². The lowest BCUT2D eigenvalue weighted by Crippen LogP contribution is -2.17. The average molecular weight is 383 g/mol. The lowest BCUT2D eigenvalue weighted by atomic mass is 10.2. The number of benzene rings is 1. The lowest BCUT2D eigenvalue weighted by Gasteiger charge is -2.09. The summed E-state index contributed by atoms with van der Waals surface area (Å²) in [5, 5.41) is 2.95. The summed E-state index contributed by atoms with van der Waals surface area (Å²) < 4.78 is 8.14. The van der Waals surface area contributed by atoms with Gasteiger partial charge in [0.1, 0.15) is 13.2 Å². The van der Waals surface area contributed by atoms with Crippen LogP contribution in [0.15, 0.2) is 48.7 Å². The van der Waals surface area contributed by atoms with E-state index in [0.717, 1.165) is 11.3 Å². The normalized spacial score (nSPS) is 9.85. The number of halogens is 1. The highest BCUT2D eigenvalue weighted by Crippen LogP contribution is 2.18. The van der Waals surface area contributed by atoms with E-state index >= 15 is 0 Å². The second-order valence-corrected chi connectivity index (χ2v) is 4.53. The Morgan fingerprint density at radius 3 is 2.75 bits per heavy atom. The number of carbonyl (C=O) groups excluding carboxylic acids is 1. The van der Waals surface area contributed by atoms with Gasteiger partial charge in [-0.1, -0.05) is 30.3 Å². The van der Waals surface area contributed by atoms with Crippen molar-refractivity contribution in [2.45, 2.75) is 6.61 Å². The number of aromatic nitrogens is 1. The number of hydrogen-bond donors (Lipinski definition) is 2. The number of esters is 1. The summed E-state index contributed by atoms with van der Waals surface area (Å²) >= 11 is 2.01. The van der Waals surface area contributed by atoms with Crippen LogP contribution in [0.3, 0.4) is 0 Å². The standard InChI is InChI=1S/C14H14IN3O2/c15-18-12-7-4-8-16-14(12)17-9-13(19)20-10-11-5-2-1-3-6-11/h1-8,18H,9-10H2,(H,16,17). The highest BCUT2D eigenvalue weighted by atomic mass is 127. The predicted octanol–water partition coefficient (Wildman–Crippen LogP) is 3.00. The average Bonchev–Trinajstić information content (AvgIpc) is 2.52. The Morgan fingerprint density at radius 1 is 1.20 bits per heavy atom. The Morgan fingerprint density at radius 2 is 2.00 bits per heavy atom. The Kier molecular flexibility index (Phi) is 5.60. The van der Waals surface area contributed by atoms with E-state index in [9.17, 15) is 4.79 Å². The van der Waals surface area contributed by atoms with Crippen LogP contribution in [-0.4, -0.2) is 17.5 Å². The van der Waals surface area contributed by atoms with Crippen molar-refractivity contribution in [1.29, 1.82) is 0 Å². The van der Waals surface area contributed by atoms with E-state index in [1.54, 1.807) is 6.20 Å². The molecule has 20 heavy (non-hydrogen) atoms.